The van der Waals surface area contributed by atoms with Crippen molar-refractivity contribution in [1.29, 1.82) is 0 Å². The van der Waals surface area contributed by atoms with Crippen molar-refractivity contribution in [1.82, 2.24) is 20.2 Å². The maximum absolute atomic E-state index is 13.0. The van der Waals surface area contributed by atoms with Crippen molar-refractivity contribution in [3.05, 3.63) is 52.3 Å². The molecule has 1 saturated carbocycles. The molecule has 2 aliphatic heterocycles. The fourth-order valence-corrected chi connectivity index (χ4v) is 4.58. The van der Waals surface area contributed by atoms with Gasteiger partial charge in [0.15, 0.2) is 0 Å². The topological polar surface area (TPSA) is 79.4 Å². The molecule has 1 aromatic carbocycles. The zero-order valence-corrected chi connectivity index (χ0v) is 18.7. The minimum atomic E-state index is -0.0659. The van der Waals surface area contributed by atoms with Gasteiger partial charge >= 0.3 is 6.03 Å². The van der Waals surface area contributed by atoms with Gasteiger partial charge in [-0.2, -0.15) is 0 Å². The Morgan fingerprint density at radius 2 is 2.00 bits per heavy atom. The molecule has 1 aromatic heterocycles. The summed E-state index contributed by atoms with van der Waals surface area (Å²) in [5, 5.41) is 7.15. The second-order valence-electron chi connectivity index (χ2n) is 8.33. The van der Waals surface area contributed by atoms with Gasteiger partial charge in [-0.25, -0.2) is 14.8 Å². The summed E-state index contributed by atoms with van der Waals surface area (Å²) in [7, 11) is 0. The number of halogens is 1. The highest BCUT2D eigenvalue weighted by atomic mass is 35.5. The van der Waals surface area contributed by atoms with Crippen LogP contribution in [0, 0.1) is 18.8 Å². The normalized spacial score (nSPS) is 20.1. The van der Waals surface area contributed by atoms with Gasteiger partial charge in [-0.1, -0.05) is 23.7 Å². The molecule has 2 amide bonds. The van der Waals surface area contributed by atoms with Crippen molar-refractivity contribution in [3.63, 3.8) is 0 Å². The summed E-state index contributed by atoms with van der Waals surface area (Å²) in [6.45, 7) is 2.51. The first-order valence-electron chi connectivity index (χ1n) is 11.0. The minimum absolute atomic E-state index is 0.0659. The fraction of sp³-hybridized carbons (Fsp3) is 0.458. The van der Waals surface area contributed by atoms with E-state index < -0.39 is 0 Å². The number of amides is 2. The Balaban J connectivity index is 0.00000119. The number of nitrogens with zero attached hydrogens (tertiary/aromatic N) is 3. The number of aromatic nitrogens is 2. The number of benzene rings is 1. The van der Waals surface area contributed by atoms with E-state index in [1.807, 2.05) is 35.4 Å². The molecule has 32 heavy (non-hydrogen) atoms. The fourth-order valence-electron chi connectivity index (χ4n) is 4.37. The molecule has 3 aliphatic rings. The highest BCUT2D eigenvalue weighted by Crippen LogP contribution is 2.48. The average molecular weight is 454 g/mol. The highest BCUT2D eigenvalue weighted by Gasteiger charge is 2.44. The molecule has 1 atom stereocenters. The van der Waals surface area contributed by atoms with Crippen LogP contribution in [0.3, 0.4) is 0 Å². The number of urea groups is 1. The lowest BCUT2D eigenvalue weighted by Gasteiger charge is -2.25. The van der Waals surface area contributed by atoms with Crippen LogP contribution in [0.4, 0.5) is 10.7 Å². The summed E-state index contributed by atoms with van der Waals surface area (Å²) < 4.78 is 5.42. The molecule has 3 heterocycles. The molecular weight excluding hydrogens is 426 g/mol. The first kappa shape index (κ1) is 22.4. The highest BCUT2D eigenvalue weighted by molar-refractivity contribution is 6.30. The Morgan fingerprint density at radius 1 is 1.22 bits per heavy atom. The first-order chi connectivity index (χ1) is 15.7. The number of nitrogens with one attached hydrogen (secondary N) is 2. The second kappa shape index (κ2) is 10.2. The molecule has 1 saturated heterocycles. The van der Waals surface area contributed by atoms with E-state index >= 15 is 0 Å². The molecule has 2 fully saturated rings. The van der Waals surface area contributed by atoms with E-state index in [1.165, 1.54) is 0 Å². The van der Waals surface area contributed by atoms with Gasteiger partial charge in [0.1, 0.15) is 0 Å². The van der Waals surface area contributed by atoms with Crippen molar-refractivity contribution in [2.45, 2.75) is 50.9 Å². The van der Waals surface area contributed by atoms with E-state index in [4.69, 9.17) is 21.3 Å². The van der Waals surface area contributed by atoms with E-state index in [9.17, 15) is 4.79 Å². The number of carbonyl (C=O) groups is 1. The van der Waals surface area contributed by atoms with Gasteiger partial charge < -0.3 is 20.3 Å². The Bertz CT molecular complexity index is 972. The lowest BCUT2D eigenvalue weighted by molar-refractivity contribution is 0.0903. The van der Waals surface area contributed by atoms with Crippen LogP contribution in [0.25, 0.3) is 0 Å². The maximum atomic E-state index is 13.0. The minimum Gasteiger partial charge on any atom is -0.381 e. The predicted octanol–water partition coefficient (Wildman–Crippen LogP) is 4.15. The van der Waals surface area contributed by atoms with Crippen molar-refractivity contribution >= 4 is 23.6 Å². The summed E-state index contributed by atoms with van der Waals surface area (Å²) >= 11 is 6.05. The Hall–Kier alpha value is -2.82. The third-order valence-corrected chi connectivity index (χ3v) is 6.33. The van der Waals surface area contributed by atoms with Crippen LogP contribution in [-0.4, -0.2) is 40.2 Å². The zero-order chi connectivity index (χ0) is 22.5. The summed E-state index contributed by atoms with van der Waals surface area (Å²) in [5.74, 6) is 1.15. The average Bonchev–Trinajstić information content (AvgIpc) is 3.59. The number of hydrogen-bond donors (Lipinski definition) is 2. The molecular formula is C24H28ClN5O2. The first-order valence-corrected chi connectivity index (χ1v) is 11.4. The summed E-state index contributed by atoms with van der Waals surface area (Å²) in [6.07, 6.45) is 14.1. The molecule has 0 radical (unpaired) electrons. The molecule has 0 bridgehead atoms. The number of fused-ring (bicyclic) bond motifs is 1. The zero-order valence-electron chi connectivity index (χ0n) is 18.0. The van der Waals surface area contributed by atoms with E-state index in [2.05, 4.69) is 28.5 Å². The largest absolute Gasteiger partial charge is 0.381 e. The number of terminal acetylenes is 1. The Morgan fingerprint density at radius 3 is 2.72 bits per heavy atom. The number of rotatable bonds is 5. The van der Waals surface area contributed by atoms with Gasteiger partial charge in [0.05, 0.1) is 18.3 Å². The maximum Gasteiger partial charge on any atom is 0.318 e. The van der Waals surface area contributed by atoms with Gasteiger partial charge in [-0.05, 0) is 49.3 Å². The quantitative estimate of drug-likeness (QED) is 0.665. The number of carbonyl (C=O) groups excluding carboxylic acids is 1. The molecule has 168 valence electrons. The van der Waals surface area contributed by atoms with Gasteiger partial charge in [0.2, 0.25) is 5.95 Å². The third-order valence-electron chi connectivity index (χ3n) is 6.09. The van der Waals surface area contributed by atoms with E-state index in [0.29, 0.717) is 36.0 Å². The van der Waals surface area contributed by atoms with Crippen molar-refractivity contribution in [3.8, 4) is 12.8 Å². The van der Waals surface area contributed by atoms with Crippen LogP contribution in [0.5, 0.6) is 0 Å². The lowest BCUT2D eigenvalue weighted by atomic mass is 10.1. The van der Waals surface area contributed by atoms with Crippen molar-refractivity contribution in [2.75, 3.05) is 18.5 Å². The Labute approximate surface area is 193 Å². The SMILES string of the molecule is C#C.O=C(NCc1cccc(Cl)c1)N1Cc2nc(NC3CCOCC3)ncc2C1C1CC1. The molecule has 2 aromatic rings. The van der Waals surface area contributed by atoms with Crippen LogP contribution in [-0.2, 0) is 17.8 Å². The summed E-state index contributed by atoms with van der Waals surface area (Å²) in [6, 6.07) is 7.90. The van der Waals surface area contributed by atoms with Gasteiger partial charge in [0.25, 0.3) is 0 Å². The molecule has 8 heteroatoms. The van der Waals surface area contributed by atoms with Gasteiger partial charge in [0, 0.05) is 42.6 Å². The third kappa shape index (κ3) is 5.14. The summed E-state index contributed by atoms with van der Waals surface area (Å²) in [5.41, 5.74) is 3.03. The Kier molecular flexibility index (Phi) is 7.13. The van der Waals surface area contributed by atoms with Crippen molar-refractivity contribution < 1.29 is 9.53 Å². The number of hydrogen-bond acceptors (Lipinski definition) is 5. The van der Waals surface area contributed by atoms with Crippen molar-refractivity contribution in [2.24, 2.45) is 5.92 Å². The van der Waals surface area contributed by atoms with Crippen LogP contribution in [0.1, 0.15) is 48.5 Å². The van der Waals surface area contributed by atoms with Crippen LogP contribution < -0.4 is 10.6 Å². The second-order valence-corrected chi connectivity index (χ2v) is 8.76. The monoisotopic (exact) mass is 453 g/mol. The molecule has 7 nitrogen and oxygen atoms in total. The van der Waals surface area contributed by atoms with E-state index in [0.717, 1.165) is 55.7 Å². The van der Waals surface area contributed by atoms with Gasteiger partial charge in [-0.3, -0.25) is 0 Å². The molecule has 0 spiro atoms. The number of anilines is 1. The smallest absolute Gasteiger partial charge is 0.318 e. The van der Waals surface area contributed by atoms with Crippen LogP contribution >= 0.6 is 11.6 Å². The lowest BCUT2D eigenvalue weighted by Crippen LogP contribution is -2.39. The van der Waals surface area contributed by atoms with E-state index in [-0.39, 0.29) is 12.1 Å². The molecule has 2 N–H and O–H groups in total. The predicted molar refractivity (Wildman–Crippen MR) is 124 cm³/mol. The molecule has 1 unspecified atom stereocenters. The molecule has 1 aliphatic carbocycles. The van der Waals surface area contributed by atoms with Crippen LogP contribution in [0.15, 0.2) is 30.5 Å². The van der Waals surface area contributed by atoms with E-state index in [1.54, 1.807) is 0 Å². The summed E-state index contributed by atoms with van der Waals surface area (Å²) in [4.78, 5) is 24.3. The standard InChI is InChI=1S/C22H26ClN5O2.C2H2/c23-16-3-1-2-14(10-16)11-25-22(29)28-13-19-18(20(28)15-4-5-15)12-24-21(27-19)26-17-6-8-30-9-7-17;1-2/h1-3,10,12,15,17,20H,4-9,11,13H2,(H,25,29)(H,24,26,27);1-2H. The molecule has 5 rings (SSSR count). The number of ether oxygens (including phenoxy) is 1. The van der Waals surface area contributed by atoms with Crippen LogP contribution in [0.2, 0.25) is 5.02 Å². The van der Waals surface area contributed by atoms with Gasteiger partial charge in [-0.15, -0.1) is 12.8 Å².